The van der Waals surface area contributed by atoms with E-state index in [1.807, 2.05) is 6.92 Å². The molecule has 3 rings (SSSR count). The number of rotatable bonds is 4. The van der Waals surface area contributed by atoms with Gasteiger partial charge in [0.15, 0.2) is 0 Å². The number of carboxylic acids is 1. The van der Waals surface area contributed by atoms with Crippen molar-refractivity contribution in [1.29, 1.82) is 0 Å². The highest BCUT2D eigenvalue weighted by Crippen LogP contribution is 2.22. The van der Waals surface area contributed by atoms with Crippen molar-refractivity contribution in [3.8, 4) is 11.4 Å². The number of carbonyl (C=O) groups is 2. The van der Waals surface area contributed by atoms with Gasteiger partial charge < -0.3 is 10.0 Å². The van der Waals surface area contributed by atoms with Crippen LogP contribution in [0.15, 0.2) is 24.3 Å². The number of aromatic nitrogens is 4. The lowest BCUT2D eigenvalue weighted by atomic mass is 9.90. The zero-order valence-corrected chi connectivity index (χ0v) is 14.4. The summed E-state index contributed by atoms with van der Waals surface area (Å²) in [5, 5.41) is 21.9. The van der Waals surface area contributed by atoms with E-state index in [2.05, 4.69) is 15.4 Å². The van der Waals surface area contributed by atoms with Crippen molar-refractivity contribution in [3.05, 3.63) is 29.3 Å². The normalized spacial score (nSPS) is 20.5. The summed E-state index contributed by atoms with van der Waals surface area (Å²) in [4.78, 5) is 26.5. The Morgan fingerprint density at radius 1 is 1.28 bits per heavy atom. The van der Waals surface area contributed by atoms with Crippen LogP contribution in [-0.2, 0) is 16.1 Å². The fraction of sp³-hybridized carbons (Fsp3) is 0.438. The number of tetrazole rings is 1. The summed E-state index contributed by atoms with van der Waals surface area (Å²) < 4.78 is 0. The maximum atomic E-state index is 12.5. The average Bonchev–Trinajstić information content (AvgIpc) is 3.03. The van der Waals surface area contributed by atoms with Gasteiger partial charge >= 0.3 is 5.97 Å². The molecule has 2 unspecified atom stereocenters. The van der Waals surface area contributed by atoms with E-state index < -0.39 is 11.9 Å². The highest BCUT2D eigenvalue weighted by atomic mass is 35.5. The molecule has 0 bridgehead atoms. The molecule has 132 valence electrons. The lowest BCUT2D eigenvalue weighted by molar-refractivity contribution is -0.147. The monoisotopic (exact) mass is 363 g/mol. The number of carboxylic acid groups (broad SMARTS) is 1. The standard InChI is InChI=1S/C16H18ClN5O3/c1-10-6-12(16(24)25)8-21(7-10)14(23)9-22-19-15(18-20-22)11-2-4-13(17)5-3-11/h2-5,10,12H,6-9H2,1H3,(H,24,25). The molecule has 1 fully saturated rings. The number of carbonyl (C=O) groups excluding carboxylic acids is 1. The number of nitrogens with zero attached hydrogens (tertiary/aromatic N) is 5. The summed E-state index contributed by atoms with van der Waals surface area (Å²) in [6.07, 6.45) is 0.585. The van der Waals surface area contributed by atoms with E-state index in [9.17, 15) is 14.7 Å². The van der Waals surface area contributed by atoms with Gasteiger partial charge in [0.1, 0.15) is 6.54 Å². The average molecular weight is 364 g/mol. The van der Waals surface area contributed by atoms with Gasteiger partial charge in [-0.1, -0.05) is 18.5 Å². The molecule has 0 spiro atoms. The third kappa shape index (κ3) is 4.14. The first-order valence-corrected chi connectivity index (χ1v) is 8.34. The summed E-state index contributed by atoms with van der Waals surface area (Å²) in [5.41, 5.74) is 0.751. The zero-order valence-electron chi connectivity index (χ0n) is 13.7. The van der Waals surface area contributed by atoms with Crippen molar-refractivity contribution in [1.82, 2.24) is 25.1 Å². The van der Waals surface area contributed by atoms with E-state index in [-0.39, 0.29) is 24.9 Å². The van der Waals surface area contributed by atoms with Crippen LogP contribution < -0.4 is 0 Å². The molecular formula is C16H18ClN5O3. The molecule has 8 nitrogen and oxygen atoms in total. The zero-order chi connectivity index (χ0) is 18.0. The lowest BCUT2D eigenvalue weighted by Gasteiger charge is -2.34. The van der Waals surface area contributed by atoms with Crippen molar-refractivity contribution in [2.24, 2.45) is 11.8 Å². The van der Waals surface area contributed by atoms with Gasteiger partial charge in [-0.3, -0.25) is 9.59 Å². The van der Waals surface area contributed by atoms with Gasteiger partial charge in [0.2, 0.25) is 11.7 Å². The van der Waals surface area contributed by atoms with Crippen LogP contribution in [-0.4, -0.2) is 55.2 Å². The second kappa shape index (κ2) is 7.18. The predicted octanol–water partition coefficient (Wildman–Crippen LogP) is 1.56. The van der Waals surface area contributed by atoms with Gasteiger partial charge in [0.05, 0.1) is 5.92 Å². The SMILES string of the molecule is CC1CC(C(=O)O)CN(C(=O)Cn2nnc(-c3ccc(Cl)cc3)n2)C1. The number of hydrogen-bond donors (Lipinski definition) is 1. The summed E-state index contributed by atoms with van der Waals surface area (Å²) in [5.74, 6) is -1.06. The third-order valence-corrected chi connectivity index (χ3v) is 4.45. The summed E-state index contributed by atoms with van der Waals surface area (Å²) in [6.45, 7) is 2.64. The molecule has 0 saturated carbocycles. The predicted molar refractivity (Wildman–Crippen MR) is 89.7 cm³/mol. The maximum Gasteiger partial charge on any atom is 0.308 e. The number of benzene rings is 1. The highest BCUT2D eigenvalue weighted by Gasteiger charge is 2.32. The minimum Gasteiger partial charge on any atom is -0.481 e. The van der Waals surface area contributed by atoms with E-state index in [1.165, 1.54) is 4.80 Å². The van der Waals surface area contributed by atoms with Crippen LogP contribution in [0.3, 0.4) is 0 Å². The Hall–Kier alpha value is -2.48. The van der Waals surface area contributed by atoms with Crippen LogP contribution in [0.25, 0.3) is 11.4 Å². The minimum absolute atomic E-state index is 0.0698. The van der Waals surface area contributed by atoms with Crippen LogP contribution in [0.2, 0.25) is 5.02 Å². The molecule has 0 radical (unpaired) electrons. The number of hydrogen-bond acceptors (Lipinski definition) is 5. The molecule has 1 aliphatic heterocycles. The first kappa shape index (κ1) is 17.3. The second-order valence-electron chi connectivity index (χ2n) is 6.33. The Morgan fingerprint density at radius 2 is 2.00 bits per heavy atom. The van der Waals surface area contributed by atoms with Gasteiger partial charge in [0.25, 0.3) is 0 Å². The van der Waals surface area contributed by atoms with E-state index in [4.69, 9.17) is 11.6 Å². The van der Waals surface area contributed by atoms with Gasteiger partial charge in [-0.2, -0.15) is 4.80 Å². The fourth-order valence-corrected chi connectivity index (χ4v) is 3.11. The Morgan fingerprint density at radius 3 is 2.68 bits per heavy atom. The lowest BCUT2D eigenvalue weighted by Crippen LogP contribution is -2.46. The number of likely N-dealkylation sites (tertiary alicyclic amines) is 1. The molecule has 25 heavy (non-hydrogen) atoms. The van der Waals surface area contributed by atoms with Gasteiger partial charge in [-0.15, -0.1) is 10.2 Å². The third-order valence-electron chi connectivity index (χ3n) is 4.19. The minimum atomic E-state index is -0.867. The van der Waals surface area contributed by atoms with Crippen LogP contribution in [0.1, 0.15) is 13.3 Å². The second-order valence-corrected chi connectivity index (χ2v) is 6.76. The van der Waals surface area contributed by atoms with Crippen molar-refractivity contribution in [2.45, 2.75) is 19.9 Å². The molecule has 1 N–H and O–H groups in total. The molecule has 1 aliphatic rings. The van der Waals surface area contributed by atoms with Crippen LogP contribution in [0.4, 0.5) is 0 Å². The van der Waals surface area contributed by atoms with Gasteiger partial charge in [-0.25, -0.2) is 0 Å². The molecule has 0 aliphatic carbocycles. The van der Waals surface area contributed by atoms with E-state index in [0.29, 0.717) is 23.8 Å². The van der Waals surface area contributed by atoms with Crippen molar-refractivity contribution < 1.29 is 14.7 Å². The van der Waals surface area contributed by atoms with Crippen LogP contribution in [0.5, 0.6) is 0 Å². The first-order valence-electron chi connectivity index (χ1n) is 7.96. The number of aliphatic carboxylic acids is 1. The Bertz CT molecular complexity index is 776. The van der Waals surface area contributed by atoms with Gasteiger partial charge in [0, 0.05) is 23.7 Å². The first-order chi connectivity index (χ1) is 11.9. The molecule has 1 amide bonds. The maximum absolute atomic E-state index is 12.5. The molecule has 1 aromatic carbocycles. The summed E-state index contributed by atoms with van der Waals surface area (Å²) in [6, 6.07) is 7.00. The fourth-order valence-electron chi connectivity index (χ4n) is 2.98. The topological polar surface area (TPSA) is 101 Å². The summed E-state index contributed by atoms with van der Waals surface area (Å²) >= 11 is 5.85. The smallest absolute Gasteiger partial charge is 0.308 e. The highest BCUT2D eigenvalue weighted by molar-refractivity contribution is 6.30. The van der Waals surface area contributed by atoms with E-state index in [1.54, 1.807) is 29.2 Å². The summed E-state index contributed by atoms with van der Waals surface area (Å²) in [7, 11) is 0. The van der Waals surface area contributed by atoms with Crippen molar-refractivity contribution >= 4 is 23.5 Å². The Labute approximate surface area is 149 Å². The number of halogens is 1. The van der Waals surface area contributed by atoms with Crippen LogP contribution >= 0.6 is 11.6 Å². The molecule has 2 atom stereocenters. The quantitative estimate of drug-likeness (QED) is 0.884. The largest absolute Gasteiger partial charge is 0.481 e. The molecule has 1 saturated heterocycles. The molecule has 1 aromatic heterocycles. The molecule has 9 heteroatoms. The molecular weight excluding hydrogens is 346 g/mol. The van der Waals surface area contributed by atoms with E-state index >= 15 is 0 Å². The number of piperidine rings is 1. The van der Waals surface area contributed by atoms with Crippen molar-refractivity contribution in [2.75, 3.05) is 13.1 Å². The molecule has 2 aromatic rings. The van der Waals surface area contributed by atoms with Crippen LogP contribution in [0, 0.1) is 11.8 Å². The molecule has 2 heterocycles. The Balaban J connectivity index is 1.67. The van der Waals surface area contributed by atoms with Gasteiger partial charge in [-0.05, 0) is 41.8 Å². The van der Waals surface area contributed by atoms with Crippen molar-refractivity contribution in [3.63, 3.8) is 0 Å². The number of amides is 1. The Kier molecular flexibility index (Phi) is 4.98. The van der Waals surface area contributed by atoms with E-state index in [0.717, 1.165) is 5.56 Å².